The first-order valence-corrected chi connectivity index (χ1v) is 10.2. The highest BCUT2D eigenvalue weighted by atomic mass is 32.1. The van der Waals surface area contributed by atoms with Gasteiger partial charge >= 0.3 is 0 Å². The molecule has 0 radical (unpaired) electrons. The van der Waals surface area contributed by atoms with E-state index in [4.69, 9.17) is 0 Å². The van der Waals surface area contributed by atoms with Gasteiger partial charge in [0.1, 0.15) is 17.0 Å². The van der Waals surface area contributed by atoms with Gasteiger partial charge < -0.3 is 10.2 Å². The second kappa shape index (κ2) is 6.56. The van der Waals surface area contributed by atoms with Gasteiger partial charge in [-0.05, 0) is 44.1 Å². The van der Waals surface area contributed by atoms with Crippen LogP contribution in [0.15, 0.2) is 12.4 Å². The Morgan fingerprint density at radius 1 is 1.44 bits per heavy atom. The summed E-state index contributed by atoms with van der Waals surface area (Å²) in [6.45, 7) is 6.07. The van der Waals surface area contributed by atoms with Crippen molar-refractivity contribution in [2.45, 2.75) is 58.4 Å². The number of carbonyl (C=O) groups excluding carboxylic acids is 1. The number of thiophene rings is 1. The number of aryl methyl sites for hydroxylation is 1. The fourth-order valence-electron chi connectivity index (χ4n) is 4.43. The van der Waals surface area contributed by atoms with Gasteiger partial charge in [-0.25, -0.2) is 9.97 Å². The van der Waals surface area contributed by atoms with Gasteiger partial charge in [0.25, 0.3) is 0 Å². The minimum atomic E-state index is 0.183. The number of piperidine rings is 1. The minimum absolute atomic E-state index is 0.183. The molecule has 2 aliphatic rings. The van der Waals surface area contributed by atoms with Crippen LogP contribution in [0.2, 0.25) is 0 Å². The Morgan fingerprint density at radius 3 is 3.00 bits per heavy atom. The van der Waals surface area contributed by atoms with Crippen molar-refractivity contribution in [2.24, 2.45) is 5.41 Å². The van der Waals surface area contributed by atoms with Crippen molar-refractivity contribution in [1.29, 1.82) is 0 Å². The summed E-state index contributed by atoms with van der Waals surface area (Å²) in [6.07, 6.45) is 8.14. The van der Waals surface area contributed by atoms with Crippen LogP contribution >= 0.6 is 11.3 Å². The van der Waals surface area contributed by atoms with Gasteiger partial charge in [-0.15, -0.1) is 11.3 Å². The van der Waals surface area contributed by atoms with E-state index in [1.807, 2.05) is 0 Å². The van der Waals surface area contributed by atoms with Crippen LogP contribution in [0, 0.1) is 12.3 Å². The first-order chi connectivity index (χ1) is 12.1. The van der Waals surface area contributed by atoms with Crippen LogP contribution in [0.4, 0.5) is 5.82 Å². The minimum Gasteiger partial charge on any atom is -0.353 e. The lowest BCUT2D eigenvalue weighted by Crippen LogP contribution is -2.57. The van der Waals surface area contributed by atoms with Crippen LogP contribution in [0.25, 0.3) is 10.2 Å². The molecule has 1 atom stereocenters. The maximum absolute atomic E-state index is 12.1. The summed E-state index contributed by atoms with van der Waals surface area (Å²) in [6, 6.07) is 2.42. The van der Waals surface area contributed by atoms with E-state index < -0.39 is 0 Å². The largest absolute Gasteiger partial charge is 0.353 e. The number of aromatic nitrogens is 2. The normalized spacial score (nSPS) is 22.2. The van der Waals surface area contributed by atoms with Crippen LogP contribution in [0.5, 0.6) is 0 Å². The number of fused-ring (bicyclic) bond motifs is 1. The second-order valence-electron chi connectivity index (χ2n) is 7.73. The Hall–Kier alpha value is -1.69. The molecule has 0 bridgehead atoms. The lowest BCUT2D eigenvalue weighted by Gasteiger charge is -2.52. The zero-order valence-electron chi connectivity index (χ0n) is 15.0. The summed E-state index contributed by atoms with van der Waals surface area (Å²) in [5.74, 6) is 1.22. The number of nitrogens with one attached hydrogen (secondary N) is 1. The van der Waals surface area contributed by atoms with E-state index in [2.05, 4.69) is 40.1 Å². The zero-order chi connectivity index (χ0) is 17.4. The van der Waals surface area contributed by atoms with Crippen LogP contribution in [-0.2, 0) is 4.79 Å². The first kappa shape index (κ1) is 16.8. The summed E-state index contributed by atoms with van der Waals surface area (Å²) < 4.78 is 0. The Morgan fingerprint density at radius 2 is 2.28 bits per heavy atom. The topological polar surface area (TPSA) is 58.1 Å². The van der Waals surface area contributed by atoms with Gasteiger partial charge in [-0.2, -0.15) is 0 Å². The summed E-state index contributed by atoms with van der Waals surface area (Å²) in [4.78, 5) is 25.9. The highest BCUT2D eigenvalue weighted by Crippen LogP contribution is 2.48. The first-order valence-electron chi connectivity index (χ1n) is 9.34. The molecule has 2 aromatic heterocycles. The third-order valence-corrected chi connectivity index (χ3v) is 6.59. The van der Waals surface area contributed by atoms with Gasteiger partial charge in [-0.3, -0.25) is 4.79 Å². The third-order valence-electron chi connectivity index (χ3n) is 5.63. The Balaban J connectivity index is 1.62. The number of carbonyl (C=O) groups is 1. The van der Waals surface area contributed by atoms with Crippen LogP contribution in [-0.4, -0.2) is 35.0 Å². The van der Waals surface area contributed by atoms with Crippen LogP contribution in [0.1, 0.15) is 50.3 Å². The monoisotopic (exact) mass is 358 g/mol. The van der Waals surface area contributed by atoms with Gasteiger partial charge in [0.2, 0.25) is 5.91 Å². The predicted molar refractivity (Wildman–Crippen MR) is 102 cm³/mol. The van der Waals surface area contributed by atoms with E-state index in [0.717, 1.165) is 42.0 Å². The molecule has 6 heteroatoms. The van der Waals surface area contributed by atoms with Gasteiger partial charge in [0.15, 0.2) is 0 Å². The number of rotatable bonds is 4. The molecule has 2 fully saturated rings. The molecule has 1 saturated heterocycles. The number of hydrogen-bond acceptors (Lipinski definition) is 5. The maximum atomic E-state index is 12.1. The molecule has 5 nitrogen and oxygen atoms in total. The molecule has 3 heterocycles. The summed E-state index contributed by atoms with van der Waals surface area (Å²) in [5.41, 5.74) is 0.352. The van der Waals surface area contributed by atoms with E-state index in [0.29, 0.717) is 11.8 Å². The molecule has 1 saturated carbocycles. The van der Waals surface area contributed by atoms with Crippen molar-refractivity contribution in [3.05, 3.63) is 17.3 Å². The molecule has 134 valence electrons. The molecular formula is C19H26N4OS. The fourth-order valence-corrected chi connectivity index (χ4v) is 5.27. The van der Waals surface area contributed by atoms with E-state index in [9.17, 15) is 4.79 Å². The number of hydrogen-bond donors (Lipinski definition) is 1. The summed E-state index contributed by atoms with van der Waals surface area (Å²) in [5, 5.41) is 4.43. The lowest BCUT2D eigenvalue weighted by molar-refractivity contribution is -0.122. The van der Waals surface area contributed by atoms with Crippen LogP contribution in [0.3, 0.4) is 0 Å². The van der Waals surface area contributed by atoms with E-state index >= 15 is 0 Å². The Labute approximate surface area is 152 Å². The molecule has 1 aliphatic heterocycles. The predicted octanol–water partition coefficient (Wildman–Crippen LogP) is 3.67. The highest BCUT2D eigenvalue weighted by molar-refractivity contribution is 7.18. The van der Waals surface area contributed by atoms with Crippen molar-refractivity contribution in [1.82, 2.24) is 15.3 Å². The number of amides is 1. The van der Waals surface area contributed by atoms with E-state index in [1.165, 1.54) is 24.1 Å². The smallest absolute Gasteiger partial charge is 0.220 e. The quantitative estimate of drug-likeness (QED) is 0.906. The number of nitrogens with zero attached hydrogens (tertiary/aromatic N) is 3. The fraction of sp³-hybridized carbons (Fsp3) is 0.632. The molecule has 25 heavy (non-hydrogen) atoms. The molecule has 2 aromatic rings. The second-order valence-corrected chi connectivity index (χ2v) is 8.96. The van der Waals surface area contributed by atoms with Gasteiger partial charge in [-0.1, -0.05) is 13.3 Å². The lowest BCUT2D eigenvalue weighted by atomic mass is 9.63. The van der Waals surface area contributed by atoms with Crippen LogP contribution < -0.4 is 10.2 Å². The van der Waals surface area contributed by atoms with Crippen molar-refractivity contribution in [2.75, 3.05) is 18.0 Å². The Bertz CT molecular complexity index is 783. The average molecular weight is 359 g/mol. The van der Waals surface area contributed by atoms with Crippen molar-refractivity contribution < 1.29 is 4.79 Å². The average Bonchev–Trinajstić information content (AvgIpc) is 2.93. The Kier molecular flexibility index (Phi) is 4.40. The molecule has 1 N–H and O–H groups in total. The standard InChI is InChI=1S/C19H26N4OS/c1-3-5-16(24)22-14-9-19(6-4-7-19)11-23(10-14)17-15-8-13(2)25-18(15)21-12-20-17/h8,12,14H,3-7,9-11H2,1-2H3,(H,22,24). The van der Waals surface area contributed by atoms with Crippen molar-refractivity contribution in [3.8, 4) is 0 Å². The maximum Gasteiger partial charge on any atom is 0.220 e. The van der Waals surface area contributed by atoms with Gasteiger partial charge in [0.05, 0.1) is 5.39 Å². The molecule has 1 amide bonds. The molecule has 0 aromatic carbocycles. The molecule has 1 spiro atoms. The highest BCUT2D eigenvalue weighted by Gasteiger charge is 2.44. The molecule has 4 rings (SSSR count). The number of anilines is 1. The summed E-state index contributed by atoms with van der Waals surface area (Å²) >= 11 is 1.72. The zero-order valence-corrected chi connectivity index (χ0v) is 15.9. The SMILES string of the molecule is CCCC(=O)NC1CN(c2ncnc3sc(C)cc23)CC2(CCC2)C1. The van der Waals surface area contributed by atoms with Crippen molar-refractivity contribution >= 4 is 33.3 Å². The van der Waals surface area contributed by atoms with E-state index in [-0.39, 0.29) is 11.9 Å². The molecule has 1 unspecified atom stereocenters. The van der Waals surface area contributed by atoms with Gasteiger partial charge in [0, 0.05) is 30.4 Å². The van der Waals surface area contributed by atoms with Crippen molar-refractivity contribution in [3.63, 3.8) is 0 Å². The molecular weight excluding hydrogens is 332 g/mol. The summed E-state index contributed by atoms with van der Waals surface area (Å²) in [7, 11) is 0. The molecule has 1 aliphatic carbocycles. The van der Waals surface area contributed by atoms with E-state index in [1.54, 1.807) is 17.7 Å². The third kappa shape index (κ3) is 3.24.